The van der Waals surface area contributed by atoms with E-state index < -0.39 is 11.7 Å². The Hall–Kier alpha value is -1.92. The lowest BCUT2D eigenvalue weighted by atomic mass is 10.2. The molecule has 0 saturated heterocycles. The maximum Gasteiger partial charge on any atom is 0.237 e. The van der Waals surface area contributed by atoms with Gasteiger partial charge in [0, 0.05) is 13.1 Å². The first-order valence-corrected chi connectivity index (χ1v) is 6.23. The molecule has 0 atom stereocenters. The molecule has 1 amide bonds. The van der Waals surface area contributed by atoms with Crippen molar-refractivity contribution in [2.45, 2.75) is 20.8 Å². The second kappa shape index (κ2) is 6.86. The molecule has 0 fully saturated rings. The summed E-state index contributed by atoms with van der Waals surface area (Å²) in [5.74, 6) is -0.418. The Morgan fingerprint density at radius 1 is 1.58 bits per heavy atom. The smallest absolute Gasteiger partial charge is 0.237 e. The van der Waals surface area contributed by atoms with Gasteiger partial charge in [0.15, 0.2) is 11.6 Å². The number of carbonyl (C=O) groups is 1. The number of nitrogens with two attached hydrogens (primary N) is 1. The number of primary amides is 1. The molecule has 0 bridgehead atoms. The number of amides is 1. The highest BCUT2D eigenvalue weighted by molar-refractivity contribution is 5.79. The summed E-state index contributed by atoms with van der Waals surface area (Å²) in [6.45, 7) is 6.88. The van der Waals surface area contributed by atoms with E-state index in [1.165, 1.54) is 4.90 Å². The Labute approximate surface area is 112 Å². The van der Waals surface area contributed by atoms with Crippen LogP contribution in [0.4, 0.5) is 16.2 Å². The van der Waals surface area contributed by atoms with Crippen molar-refractivity contribution in [1.82, 2.24) is 9.97 Å². The summed E-state index contributed by atoms with van der Waals surface area (Å²) < 4.78 is 13.8. The number of rotatable bonds is 7. The van der Waals surface area contributed by atoms with Gasteiger partial charge in [-0.15, -0.1) is 0 Å². The van der Waals surface area contributed by atoms with Crippen molar-refractivity contribution in [2.75, 3.05) is 29.9 Å². The maximum atomic E-state index is 13.8. The fourth-order valence-electron chi connectivity index (χ4n) is 1.68. The molecule has 0 aliphatic heterocycles. The van der Waals surface area contributed by atoms with Crippen LogP contribution in [0.25, 0.3) is 0 Å². The van der Waals surface area contributed by atoms with Crippen LogP contribution >= 0.6 is 0 Å². The summed E-state index contributed by atoms with van der Waals surface area (Å²) in [5.41, 5.74) is 5.19. The highest BCUT2D eigenvalue weighted by Gasteiger charge is 2.18. The van der Waals surface area contributed by atoms with Crippen LogP contribution in [0.3, 0.4) is 0 Å². The third kappa shape index (κ3) is 4.69. The Bertz CT molecular complexity index is 438. The van der Waals surface area contributed by atoms with E-state index >= 15 is 0 Å². The average molecular weight is 269 g/mol. The van der Waals surface area contributed by atoms with Crippen molar-refractivity contribution in [3.05, 3.63) is 12.0 Å². The SMILES string of the molecule is CCNc1ncc(F)c(N(CC(N)=O)CC(C)C)n1. The maximum absolute atomic E-state index is 13.8. The van der Waals surface area contributed by atoms with Gasteiger partial charge in [0.2, 0.25) is 11.9 Å². The predicted molar refractivity (Wildman–Crippen MR) is 72.4 cm³/mol. The van der Waals surface area contributed by atoms with E-state index in [0.717, 1.165) is 6.20 Å². The molecule has 0 unspecified atom stereocenters. The van der Waals surface area contributed by atoms with Crippen molar-refractivity contribution in [2.24, 2.45) is 11.7 Å². The number of nitrogens with one attached hydrogen (secondary N) is 1. The second-order valence-electron chi connectivity index (χ2n) is 4.64. The lowest BCUT2D eigenvalue weighted by Crippen LogP contribution is -2.37. The van der Waals surface area contributed by atoms with Gasteiger partial charge in [0.1, 0.15) is 0 Å². The van der Waals surface area contributed by atoms with Crippen LogP contribution in [0.2, 0.25) is 0 Å². The topological polar surface area (TPSA) is 84.1 Å². The van der Waals surface area contributed by atoms with E-state index in [1.54, 1.807) is 0 Å². The first kappa shape index (κ1) is 15.1. The summed E-state index contributed by atoms with van der Waals surface area (Å²) in [6, 6.07) is 0. The van der Waals surface area contributed by atoms with Crippen LogP contribution in [0, 0.1) is 11.7 Å². The number of halogens is 1. The summed E-state index contributed by atoms with van der Waals surface area (Å²) >= 11 is 0. The van der Waals surface area contributed by atoms with Gasteiger partial charge in [-0.1, -0.05) is 13.8 Å². The van der Waals surface area contributed by atoms with Crippen LogP contribution in [0.5, 0.6) is 0 Å². The van der Waals surface area contributed by atoms with Crippen LogP contribution in [0.15, 0.2) is 6.20 Å². The monoisotopic (exact) mass is 269 g/mol. The van der Waals surface area contributed by atoms with Crippen molar-refractivity contribution in [3.63, 3.8) is 0 Å². The molecule has 7 heteroatoms. The Kier molecular flexibility index (Phi) is 5.47. The first-order valence-electron chi connectivity index (χ1n) is 6.23. The molecule has 0 spiro atoms. The lowest BCUT2D eigenvalue weighted by Gasteiger charge is -2.24. The highest BCUT2D eigenvalue weighted by Crippen LogP contribution is 2.18. The zero-order valence-corrected chi connectivity index (χ0v) is 11.5. The second-order valence-corrected chi connectivity index (χ2v) is 4.64. The number of anilines is 2. The normalized spacial score (nSPS) is 10.6. The van der Waals surface area contributed by atoms with Gasteiger partial charge in [0.05, 0.1) is 12.7 Å². The summed E-state index contributed by atoms with van der Waals surface area (Å²) in [6.07, 6.45) is 1.09. The van der Waals surface area contributed by atoms with Gasteiger partial charge in [-0.05, 0) is 12.8 Å². The van der Waals surface area contributed by atoms with Gasteiger partial charge in [-0.3, -0.25) is 4.79 Å². The molecule has 3 N–H and O–H groups in total. The zero-order chi connectivity index (χ0) is 14.4. The summed E-state index contributed by atoms with van der Waals surface area (Å²) in [5, 5.41) is 2.90. The number of hydrogen-bond acceptors (Lipinski definition) is 5. The Balaban J connectivity index is 3.04. The molecule has 0 aliphatic rings. The van der Waals surface area contributed by atoms with Gasteiger partial charge in [-0.2, -0.15) is 4.98 Å². The van der Waals surface area contributed by atoms with Gasteiger partial charge < -0.3 is 16.0 Å². The number of carbonyl (C=O) groups excluding carboxylic acids is 1. The van der Waals surface area contributed by atoms with Crippen LogP contribution in [-0.2, 0) is 4.79 Å². The molecular weight excluding hydrogens is 249 g/mol. The molecule has 0 aromatic carbocycles. The molecule has 1 rings (SSSR count). The summed E-state index contributed by atoms with van der Waals surface area (Å²) in [7, 11) is 0. The van der Waals surface area contributed by atoms with Crippen molar-refractivity contribution in [1.29, 1.82) is 0 Å². The van der Waals surface area contributed by atoms with E-state index in [9.17, 15) is 9.18 Å². The van der Waals surface area contributed by atoms with Gasteiger partial charge >= 0.3 is 0 Å². The molecule has 6 nitrogen and oxygen atoms in total. The minimum Gasteiger partial charge on any atom is -0.368 e. The van der Waals surface area contributed by atoms with Crippen molar-refractivity contribution < 1.29 is 9.18 Å². The quantitative estimate of drug-likeness (QED) is 0.771. The van der Waals surface area contributed by atoms with Crippen LogP contribution in [0.1, 0.15) is 20.8 Å². The highest BCUT2D eigenvalue weighted by atomic mass is 19.1. The van der Waals surface area contributed by atoms with Crippen molar-refractivity contribution >= 4 is 17.7 Å². The van der Waals surface area contributed by atoms with Crippen LogP contribution < -0.4 is 16.0 Å². The number of nitrogens with zero attached hydrogens (tertiary/aromatic N) is 3. The summed E-state index contributed by atoms with van der Waals surface area (Å²) in [4.78, 5) is 20.5. The largest absolute Gasteiger partial charge is 0.368 e. The molecule has 0 saturated carbocycles. The van der Waals surface area contributed by atoms with E-state index in [-0.39, 0.29) is 18.3 Å². The minimum absolute atomic E-state index is 0.0717. The van der Waals surface area contributed by atoms with E-state index in [1.807, 2.05) is 20.8 Å². The third-order valence-electron chi connectivity index (χ3n) is 2.29. The predicted octanol–water partition coefficient (Wildman–Crippen LogP) is 0.995. The Morgan fingerprint density at radius 3 is 2.79 bits per heavy atom. The average Bonchev–Trinajstić information content (AvgIpc) is 2.30. The molecular formula is C12H20FN5O. The Morgan fingerprint density at radius 2 is 2.26 bits per heavy atom. The fraction of sp³-hybridized carbons (Fsp3) is 0.583. The first-order chi connectivity index (χ1) is 8.93. The van der Waals surface area contributed by atoms with E-state index in [2.05, 4.69) is 15.3 Å². The minimum atomic E-state index is -0.566. The number of hydrogen-bond donors (Lipinski definition) is 2. The molecule has 1 heterocycles. The van der Waals surface area contributed by atoms with Crippen LogP contribution in [-0.4, -0.2) is 35.5 Å². The molecule has 1 aromatic rings. The molecule has 1 aromatic heterocycles. The third-order valence-corrected chi connectivity index (χ3v) is 2.29. The van der Waals surface area contributed by atoms with Crippen molar-refractivity contribution in [3.8, 4) is 0 Å². The zero-order valence-electron chi connectivity index (χ0n) is 11.5. The van der Waals surface area contributed by atoms with Gasteiger partial charge in [-0.25, -0.2) is 9.37 Å². The van der Waals surface area contributed by atoms with E-state index in [4.69, 9.17) is 5.73 Å². The molecule has 0 aliphatic carbocycles. The molecule has 19 heavy (non-hydrogen) atoms. The standard InChI is InChI=1S/C12H20FN5O/c1-4-15-12-16-5-9(13)11(17-12)18(6-8(2)3)7-10(14)19/h5,8H,4,6-7H2,1-3H3,(H2,14,19)(H,15,16,17). The molecule has 106 valence electrons. The lowest BCUT2D eigenvalue weighted by molar-refractivity contribution is -0.116. The fourth-order valence-corrected chi connectivity index (χ4v) is 1.68. The van der Waals surface area contributed by atoms with E-state index in [0.29, 0.717) is 19.0 Å². The number of aromatic nitrogens is 2. The van der Waals surface area contributed by atoms with Gasteiger partial charge in [0.25, 0.3) is 0 Å². The molecule has 0 radical (unpaired) electrons.